The topological polar surface area (TPSA) is 66.4 Å². The normalized spacial score (nSPS) is 25.1. The molecule has 0 aromatic heterocycles. The number of amides is 1. The highest BCUT2D eigenvalue weighted by Crippen LogP contribution is 2.31. The second kappa shape index (κ2) is 6.57. The van der Waals surface area contributed by atoms with E-state index < -0.39 is 5.97 Å². The minimum atomic E-state index is -0.985. The molecule has 0 aliphatic heterocycles. The van der Waals surface area contributed by atoms with E-state index in [9.17, 15) is 9.59 Å². The molecule has 112 valence electrons. The van der Waals surface area contributed by atoms with Gasteiger partial charge in [0.05, 0.1) is 0 Å². The maximum Gasteiger partial charge on any atom is 0.328 e. The Hall–Kier alpha value is -2.10. The van der Waals surface area contributed by atoms with Crippen LogP contribution in [-0.2, 0) is 4.79 Å². The highest BCUT2D eigenvalue weighted by Gasteiger charge is 2.30. The molecule has 0 radical (unpaired) electrons. The van der Waals surface area contributed by atoms with Gasteiger partial charge in [-0.05, 0) is 48.4 Å². The van der Waals surface area contributed by atoms with Gasteiger partial charge in [0.1, 0.15) is 0 Å². The van der Waals surface area contributed by atoms with Crippen LogP contribution >= 0.6 is 0 Å². The molecule has 1 fully saturated rings. The molecular formula is C17H21NO3. The lowest BCUT2D eigenvalue weighted by Crippen LogP contribution is -2.37. The molecule has 0 bridgehead atoms. The zero-order chi connectivity index (χ0) is 15.4. The fraction of sp³-hybridized carbons (Fsp3) is 0.412. The molecule has 0 heterocycles. The predicted molar refractivity (Wildman–Crippen MR) is 81.9 cm³/mol. The lowest BCUT2D eigenvalue weighted by atomic mass is 9.97. The van der Waals surface area contributed by atoms with Gasteiger partial charge in [0.25, 0.3) is 5.91 Å². The third-order valence-electron chi connectivity index (χ3n) is 4.37. The highest BCUT2D eigenvalue weighted by molar-refractivity contribution is 5.94. The molecule has 1 aliphatic rings. The van der Waals surface area contributed by atoms with Gasteiger partial charge in [-0.1, -0.05) is 26.0 Å². The number of benzene rings is 1. The molecule has 3 atom stereocenters. The molecule has 2 N–H and O–H groups in total. The second-order valence-corrected chi connectivity index (χ2v) is 5.79. The first-order chi connectivity index (χ1) is 9.97. The summed E-state index contributed by atoms with van der Waals surface area (Å²) in [5.41, 5.74) is 1.37. The van der Waals surface area contributed by atoms with Crippen LogP contribution in [-0.4, -0.2) is 23.0 Å². The van der Waals surface area contributed by atoms with Gasteiger partial charge in [0, 0.05) is 17.7 Å². The summed E-state index contributed by atoms with van der Waals surface area (Å²) in [6.07, 6.45) is 4.78. The average molecular weight is 287 g/mol. The van der Waals surface area contributed by atoms with E-state index in [2.05, 4.69) is 19.2 Å². The van der Waals surface area contributed by atoms with Gasteiger partial charge >= 0.3 is 5.97 Å². The SMILES string of the molecule is CC1CCC(NC(=O)c2ccc(C=CC(=O)O)cc2)C1C. The molecule has 0 spiro atoms. The maximum absolute atomic E-state index is 12.2. The molecule has 4 heteroatoms. The third kappa shape index (κ3) is 3.94. The van der Waals surface area contributed by atoms with Crippen molar-refractivity contribution in [1.29, 1.82) is 0 Å². The van der Waals surface area contributed by atoms with Gasteiger partial charge in [0.15, 0.2) is 0 Å². The third-order valence-corrected chi connectivity index (χ3v) is 4.37. The first-order valence-electron chi connectivity index (χ1n) is 7.29. The molecule has 1 aromatic rings. The van der Waals surface area contributed by atoms with Crippen molar-refractivity contribution in [2.75, 3.05) is 0 Å². The molecule has 1 aromatic carbocycles. The van der Waals surface area contributed by atoms with Crippen molar-refractivity contribution in [1.82, 2.24) is 5.32 Å². The van der Waals surface area contributed by atoms with E-state index in [4.69, 9.17) is 5.11 Å². The molecule has 3 unspecified atom stereocenters. The van der Waals surface area contributed by atoms with Crippen molar-refractivity contribution in [2.24, 2.45) is 11.8 Å². The first kappa shape index (κ1) is 15.3. The van der Waals surface area contributed by atoms with E-state index in [1.807, 2.05) is 0 Å². The van der Waals surface area contributed by atoms with Crippen LogP contribution in [0.25, 0.3) is 6.08 Å². The Morgan fingerprint density at radius 3 is 2.38 bits per heavy atom. The number of carboxylic acids is 1. The fourth-order valence-corrected chi connectivity index (χ4v) is 2.73. The van der Waals surface area contributed by atoms with Gasteiger partial charge in [-0.15, -0.1) is 0 Å². The number of carboxylic acid groups (broad SMARTS) is 1. The Balaban J connectivity index is 1.98. The molecule has 21 heavy (non-hydrogen) atoms. The summed E-state index contributed by atoms with van der Waals surface area (Å²) in [7, 11) is 0. The van der Waals surface area contributed by atoms with E-state index >= 15 is 0 Å². The van der Waals surface area contributed by atoms with Crippen LogP contribution in [0.2, 0.25) is 0 Å². The minimum absolute atomic E-state index is 0.0604. The Bertz CT molecular complexity index is 548. The van der Waals surface area contributed by atoms with Crippen LogP contribution in [0.3, 0.4) is 0 Å². The van der Waals surface area contributed by atoms with E-state index in [-0.39, 0.29) is 11.9 Å². The second-order valence-electron chi connectivity index (χ2n) is 5.79. The van der Waals surface area contributed by atoms with Crippen LogP contribution in [0.1, 0.15) is 42.6 Å². The number of nitrogens with one attached hydrogen (secondary N) is 1. The van der Waals surface area contributed by atoms with Crippen molar-refractivity contribution < 1.29 is 14.7 Å². The molecule has 4 nitrogen and oxygen atoms in total. The molecule has 1 aliphatic carbocycles. The van der Waals surface area contributed by atoms with Crippen LogP contribution in [0.5, 0.6) is 0 Å². The highest BCUT2D eigenvalue weighted by atomic mass is 16.4. The largest absolute Gasteiger partial charge is 0.478 e. The number of aliphatic carboxylic acids is 1. The Morgan fingerprint density at radius 2 is 1.86 bits per heavy atom. The van der Waals surface area contributed by atoms with Crippen molar-refractivity contribution in [3.63, 3.8) is 0 Å². The van der Waals surface area contributed by atoms with Crippen LogP contribution in [0.15, 0.2) is 30.3 Å². The molecule has 0 saturated heterocycles. The number of rotatable bonds is 4. The number of carbonyl (C=O) groups excluding carboxylic acids is 1. The van der Waals surface area contributed by atoms with Crippen LogP contribution in [0.4, 0.5) is 0 Å². The maximum atomic E-state index is 12.2. The quantitative estimate of drug-likeness (QED) is 0.837. The number of hydrogen-bond acceptors (Lipinski definition) is 2. The lowest BCUT2D eigenvalue weighted by molar-refractivity contribution is -0.131. The number of hydrogen-bond donors (Lipinski definition) is 2. The van der Waals surface area contributed by atoms with Crippen molar-refractivity contribution >= 4 is 18.0 Å². The summed E-state index contributed by atoms with van der Waals surface area (Å²) >= 11 is 0. The first-order valence-corrected chi connectivity index (χ1v) is 7.29. The fourth-order valence-electron chi connectivity index (χ4n) is 2.73. The molecule has 2 rings (SSSR count). The van der Waals surface area contributed by atoms with E-state index in [1.165, 1.54) is 6.08 Å². The summed E-state index contributed by atoms with van der Waals surface area (Å²) in [5, 5.41) is 11.7. The van der Waals surface area contributed by atoms with Crippen molar-refractivity contribution in [3.8, 4) is 0 Å². The van der Waals surface area contributed by atoms with Crippen molar-refractivity contribution in [2.45, 2.75) is 32.7 Å². The molecular weight excluding hydrogens is 266 g/mol. The zero-order valence-corrected chi connectivity index (χ0v) is 12.4. The van der Waals surface area contributed by atoms with Gasteiger partial charge < -0.3 is 10.4 Å². The Morgan fingerprint density at radius 1 is 1.19 bits per heavy atom. The van der Waals surface area contributed by atoms with E-state index in [0.717, 1.165) is 24.5 Å². The summed E-state index contributed by atoms with van der Waals surface area (Å²) < 4.78 is 0. The monoisotopic (exact) mass is 287 g/mol. The minimum Gasteiger partial charge on any atom is -0.478 e. The van der Waals surface area contributed by atoms with Gasteiger partial charge in [-0.2, -0.15) is 0 Å². The smallest absolute Gasteiger partial charge is 0.328 e. The molecule has 1 saturated carbocycles. The lowest BCUT2D eigenvalue weighted by Gasteiger charge is -2.19. The Kier molecular flexibility index (Phi) is 4.78. The standard InChI is InChI=1S/C17H21NO3/c1-11-3-9-15(12(11)2)18-17(21)14-7-4-13(5-8-14)6-10-16(19)20/h4-8,10-12,15H,3,9H2,1-2H3,(H,18,21)(H,19,20). The van der Waals surface area contributed by atoms with Gasteiger partial charge in [-0.25, -0.2) is 4.79 Å². The van der Waals surface area contributed by atoms with Gasteiger partial charge in [0.2, 0.25) is 0 Å². The van der Waals surface area contributed by atoms with Crippen LogP contribution in [0, 0.1) is 11.8 Å². The van der Waals surface area contributed by atoms with Crippen molar-refractivity contribution in [3.05, 3.63) is 41.5 Å². The predicted octanol–water partition coefficient (Wildman–Crippen LogP) is 2.95. The summed E-state index contributed by atoms with van der Waals surface area (Å²) in [6.45, 7) is 4.41. The summed E-state index contributed by atoms with van der Waals surface area (Å²) in [4.78, 5) is 22.7. The zero-order valence-electron chi connectivity index (χ0n) is 12.4. The summed E-state index contributed by atoms with van der Waals surface area (Å²) in [6, 6.07) is 7.18. The van der Waals surface area contributed by atoms with Crippen LogP contribution < -0.4 is 5.32 Å². The molecule has 1 amide bonds. The number of carbonyl (C=O) groups is 2. The summed E-state index contributed by atoms with van der Waals surface area (Å²) in [5.74, 6) is 0.112. The van der Waals surface area contributed by atoms with Gasteiger partial charge in [-0.3, -0.25) is 4.79 Å². The van der Waals surface area contributed by atoms with E-state index in [0.29, 0.717) is 17.4 Å². The Labute approximate surface area is 124 Å². The van der Waals surface area contributed by atoms with E-state index in [1.54, 1.807) is 24.3 Å². The average Bonchev–Trinajstić information content (AvgIpc) is 2.77.